The number of hydrogen-bond acceptors (Lipinski definition) is 6. The molecule has 2 aromatic rings. The summed E-state index contributed by atoms with van der Waals surface area (Å²) in [6.07, 6.45) is 7.90. The summed E-state index contributed by atoms with van der Waals surface area (Å²) in [7, 11) is 0. The van der Waals surface area contributed by atoms with E-state index in [4.69, 9.17) is 9.26 Å². The Hall–Kier alpha value is -2.84. The van der Waals surface area contributed by atoms with Crippen molar-refractivity contribution < 1.29 is 18.8 Å². The number of alkyl carbamates (subject to hydrolysis) is 1. The first kappa shape index (κ1) is 20.4. The fourth-order valence-electron chi connectivity index (χ4n) is 4.38. The summed E-state index contributed by atoms with van der Waals surface area (Å²) in [4.78, 5) is 24.3. The van der Waals surface area contributed by atoms with Gasteiger partial charge in [-0.25, -0.2) is 4.79 Å². The average molecular weight is 415 g/mol. The van der Waals surface area contributed by atoms with E-state index in [1.807, 2.05) is 13.0 Å². The van der Waals surface area contributed by atoms with E-state index in [0.29, 0.717) is 11.6 Å². The number of ether oxygens (including phenoxy) is 1. The van der Waals surface area contributed by atoms with E-state index in [9.17, 15) is 9.59 Å². The van der Waals surface area contributed by atoms with Crippen molar-refractivity contribution in [2.45, 2.75) is 82.8 Å². The molecule has 0 unspecified atom stereocenters. The van der Waals surface area contributed by atoms with Crippen LogP contribution in [0.25, 0.3) is 0 Å². The van der Waals surface area contributed by atoms with Crippen LogP contribution in [0.5, 0.6) is 0 Å². The summed E-state index contributed by atoms with van der Waals surface area (Å²) in [5.41, 5.74) is 1.69. The van der Waals surface area contributed by atoms with Crippen molar-refractivity contribution in [3.05, 3.63) is 29.3 Å². The van der Waals surface area contributed by atoms with E-state index in [1.165, 1.54) is 19.3 Å². The zero-order valence-electron chi connectivity index (χ0n) is 17.3. The van der Waals surface area contributed by atoms with Gasteiger partial charge >= 0.3 is 6.09 Å². The fraction of sp³-hybridized carbons (Fsp3) is 0.619. The predicted octanol–water partition coefficient (Wildman–Crippen LogP) is 3.58. The molecule has 0 aliphatic heterocycles. The molecule has 0 radical (unpaired) electrons. The Labute approximate surface area is 175 Å². The van der Waals surface area contributed by atoms with Gasteiger partial charge in [-0.1, -0.05) is 24.4 Å². The van der Waals surface area contributed by atoms with E-state index in [1.54, 1.807) is 6.07 Å². The highest BCUT2D eigenvalue weighted by Crippen LogP contribution is 2.36. The van der Waals surface area contributed by atoms with Crippen molar-refractivity contribution in [2.75, 3.05) is 5.32 Å². The topological polar surface area (TPSA) is 122 Å². The van der Waals surface area contributed by atoms with Crippen LogP contribution in [0, 0.1) is 6.92 Å². The third-order valence-electron chi connectivity index (χ3n) is 5.90. The smallest absolute Gasteiger partial charge is 0.407 e. The zero-order chi connectivity index (χ0) is 20.9. The lowest BCUT2D eigenvalue weighted by atomic mass is 9.96. The number of carbonyl (C=O) groups excluding carboxylic acids is 2. The normalized spacial score (nSPS) is 22.0. The molecule has 2 heterocycles. The molecule has 2 amide bonds. The first-order valence-electron chi connectivity index (χ1n) is 10.8. The molecule has 0 spiro atoms. The van der Waals surface area contributed by atoms with Crippen molar-refractivity contribution in [3.8, 4) is 0 Å². The standard InChI is InChI=1S/C21H29N5O4/c1-13-9-17(30-26-13)11-20(27)23-19-12-18(24-25-19)14-7-8-16(10-14)29-21(28)22-15-5-3-2-4-6-15/h9,12,14-16H,2-8,10-11H2,1H3,(H,22,28)(H2,23,24,25,27)/t14-,16+/m0/s1. The molecule has 3 N–H and O–H groups in total. The molecule has 9 nitrogen and oxygen atoms in total. The predicted molar refractivity (Wildman–Crippen MR) is 109 cm³/mol. The lowest BCUT2D eigenvalue weighted by Crippen LogP contribution is -2.38. The van der Waals surface area contributed by atoms with Gasteiger partial charge in [-0.3, -0.25) is 9.89 Å². The van der Waals surface area contributed by atoms with Gasteiger partial charge in [-0.15, -0.1) is 0 Å². The third kappa shape index (κ3) is 5.40. The Morgan fingerprint density at radius 3 is 2.80 bits per heavy atom. The Kier molecular flexibility index (Phi) is 6.35. The molecule has 162 valence electrons. The summed E-state index contributed by atoms with van der Waals surface area (Å²) in [6, 6.07) is 3.83. The maximum atomic E-state index is 12.2. The number of hydrogen-bond donors (Lipinski definition) is 3. The second-order valence-electron chi connectivity index (χ2n) is 8.38. The minimum Gasteiger partial charge on any atom is -0.446 e. The number of nitrogens with zero attached hydrogens (tertiary/aromatic N) is 2. The summed E-state index contributed by atoms with van der Waals surface area (Å²) < 4.78 is 10.7. The highest BCUT2D eigenvalue weighted by molar-refractivity contribution is 5.91. The summed E-state index contributed by atoms with van der Waals surface area (Å²) in [5, 5.41) is 16.7. The minimum atomic E-state index is -0.298. The van der Waals surface area contributed by atoms with Crippen LogP contribution in [0.15, 0.2) is 16.7 Å². The quantitative estimate of drug-likeness (QED) is 0.663. The molecule has 2 aromatic heterocycles. The molecular weight excluding hydrogens is 386 g/mol. The fourth-order valence-corrected chi connectivity index (χ4v) is 4.38. The molecule has 2 saturated carbocycles. The Morgan fingerprint density at radius 2 is 2.03 bits per heavy atom. The number of aromatic nitrogens is 3. The highest BCUT2D eigenvalue weighted by atomic mass is 16.6. The molecule has 2 fully saturated rings. The highest BCUT2D eigenvalue weighted by Gasteiger charge is 2.30. The Morgan fingerprint density at radius 1 is 1.20 bits per heavy atom. The molecule has 4 rings (SSSR count). The van der Waals surface area contributed by atoms with Crippen LogP contribution in [0.4, 0.5) is 10.6 Å². The number of aromatic amines is 1. The molecule has 30 heavy (non-hydrogen) atoms. The number of aryl methyl sites for hydroxylation is 1. The Balaban J connectivity index is 1.23. The number of anilines is 1. The first-order chi connectivity index (χ1) is 14.5. The summed E-state index contributed by atoms with van der Waals surface area (Å²) in [5.74, 6) is 1.01. The molecule has 2 atom stereocenters. The van der Waals surface area contributed by atoms with Crippen molar-refractivity contribution >= 4 is 17.8 Å². The van der Waals surface area contributed by atoms with Crippen LogP contribution in [0.1, 0.15) is 74.4 Å². The second kappa shape index (κ2) is 9.32. The van der Waals surface area contributed by atoms with Crippen LogP contribution < -0.4 is 10.6 Å². The summed E-state index contributed by atoms with van der Waals surface area (Å²) >= 11 is 0. The molecule has 9 heteroatoms. The number of carbonyl (C=O) groups is 2. The molecule has 2 aliphatic carbocycles. The number of H-pyrrole nitrogens is 1. The number of rotatable bonds is 6. The number of nitrogens with one attached hydrogen (secondary N) is 3. The molecule has 2 aliphatic rings. The zero-order valence-corrected chi connectivity index (χ0v) is 17.3. The third-order valence-corrected chi connectivity index (χ3v) is 5.90. The minimum absolute atomic E-state index is 0.0883. The average Bonchev–Trinajstić information content (AvgIpc) is 3.44. The van der Waals surface area contributed by atoms with Crippen LogP contribution in [-0.4, -0.2) is 39.5 Å². The van der Waals surface area contributed by atoms with E-state index < -0.39 is 0 Å². The SMILES string of the molecule is Cc1cc(CC(=O)Nc2cc([C@H]3CC[C@@H](OC(=O)NC4CCCCC4)C3)[nH]n2)on1. The van der Waals surface area contributed by atoms with Gasteiger partial charge in [0.2, 0.25) is 5.91 Å². The lowest BCUT2D eigenvalue weighted by Gasteiger charge is -2.23. The second-order valence-corrected chi connectivity index (χ2v) is 8.38. The summed E-state index contributed by atoms with van der Waals surface area (Å²) in [6.45, 7) is 1.81. The van der Waals surface area contributed by atoms with Gasteiger partial charge < -0.3 is 19.9 Å². The van der Waals surface area contributed by atoms with Crippen LogP contribution in [0.2, 0.25) is 0 Å². The van der Waals surface area contributed by atoms with Crippen LogP contribution >= 0.6 is 0 Å². The largest absolute Gasteiger partial charge is 0.446 e. The van der Waals surface area contributed by atoms with E-state index >= 15 is 0 Å². The van der Waals surface area contributed by atoms with Gasteiger partial charge in [0.15, 0.2) is 5.82 Å². The maximum absolute atomic E-state index is 12.2. The maximum Gasteiger partial charge on any atom is 0.407 e. The van der Waals surface area contributed by atoms with Gasteiger partial charge in [0, 0.05) is 29.8 Å². The van der Waals surface area contributed by atoms with Crippen molar-refractivity contribution in [1.82, 2.24) is 20.7 Å². The van der Waals surface area contributed by atoms with Gasteiger partial charge in [0.25, 0.3) is 0 Å². The number of amides is 2. The molecule has 0 saturated heterocycles. The van der Waals surface area contributed by atoms with Crippen molar-refractivity contribution in [3.63, 3.8) is 0 Å². The lowest BCUT2D eigenvalue weighted by molar-refractivity contribution is -0.115. The van der Waals surface area contributed by atoms with Gasteiger partial charge in [-0.05, 0) is 39.0 Å². The molecular formula is C21H29N5O4. The van der Waals surface area contributed by atoms with Gasteiger partial charge in [0.1, 0.15) is 11.9 Å². The van der Waals surface area contributed by atoms with Crippen LogP contribution in [-0.2, 0) is 16.0 Å². The molecule has 0 bridgehead atoms. The monoisotopic (exact) mass is 415 g/mol. The van der Waals surface area contributed by atoms with E-state index in [0.717, 1.165) is 43.5 Å². The van der Waals surface area contributed by atoms with Gasteiger partial charge in [-0.2, -0.15) is 5.10 Å². The Bertz CT molecular complexity index is 870. The van der Waals surface area contributed by atoms with Gasteiger partial charge in [0.05, 0.1) is 12.1 Å². The van der Waals surface area contributed by atoms with E-state index in [-0.39, 0.29) is 36.5 Å². The van der Waals surface area contributed by atoms with E-state index in [2.05, 4.69) is 26.0 Å². The van der Waals surface area contributed by atoms with Crippen molar-refractivity contribution in [2.24, 2.45) is 0 Å². The first-order valence-corrected chi connectivity index (χ1v) is 10.8. The van der Waals surface area contributed by atoms with Crippen molar-refractivity contribution in [1.29, 1.82) is 0 Å². The van der Waals surface area contributed by atoms with Crippen LogP contribution in [0.3, 0.4) is 0 Å². The molecule has 0 aromatic carbocycles.